The number of rotatable bonds is 0. The van der Waals surface area contributed by atoms with Crippen molar-refractivity contribution in [2.45, 2.75) is 25.4 Å². The van der Waals surface area contributed by atoms with E-state index in [9.17, 15) is 0 Å². The second-order valence-electron chi connectivity index (χ2n) is 5.29. The van der Waals surface area contributed by atoms with Crippen LogP contribution in [0.1, 0.15) is 23.6 Å². The molecule has 0 saturated carbocycles. The van der Waals surface area contributed by atoms with Crippen molar-refractivity contribution in [1.82, 2.24) is 0 Å². The number of fused-ring (bicyclic) bond motifs is 2. The Labute approximate surface area is 108 Å². The number of thioether (sulfide) groups is 1. The summed E-state index contributed by atoms with van der Waals surface area (Å²) in [5.41, 5.74) is 10.5. The van der Waals surface area contributed by atoms with Crippen molar-refractivity contribution in [2.24, 2.45) is 11.7 Å². The van der Waals surface area contributed by atoms with Crippen molar-refractivity contribution >= 4 is 17.4 Å². The lowest BCUT2D eigenvalue weighted by molar-refractivity contribution is 0.347. The van der Waals surface area contributed by atoms with Gasteiger partial charge in [-0.15, -0.1) is 0 Å². The zero-order chi connectivity index (χ0) is 12.0. The lowest BCUT2D eigenvalue weighted by atomic mass is 9.81. The van der Waals surface area contributed by atoms with E-state index < -0.39 is 0 Å². The molecule has 2 aliphatic heterocycles. The Balaban J connectivity index is 2.07. The third kappa shape index (κ3) is 1.76. The van der Waals surface area contributed by atoms with Gasteiger partial charge in [0.2, 0.25) is 0 Å². The highest BCUT2D eigenvalue weighted by Crippen LogP contribution is 2.43. The normalized spacial score (nSPS) is 31.9. The predicted molar refractivity (Wildman–Crippen MR) is 75.7 cm³/mol. The molecule has 92 valence electrons. The highest BCUT2D eigenvalue weighted by molar-refractivity contribution is 7.99. The van der Waals surface area contributed by atoms with Gasteiger partial charge in [-0.25, -0.2) is 0 Å². The molecule has 1 aromatic carbocycles. The smallest absolute Gasteiger partial charge is 0.0417 e. The molecule has 3 rings (SSSR count). The molecule has 1 fully saturated rings. The molecule has 2 aliphatic rings. The molecule has 17 heavy (non-hydrogen) atoms. The van der Waals surface area contributed by atoms with Gasteiger partial charge in [-0.05, 0) is 42.0 Å². The van der Waals surface area contributed by atoms with Crippen LogP contribution in [-0.4, -0.2) is 24.6 Å². The summed E-state index contributed by atoms with van der Waals surface area (Å²) in [5.74, 6) is 3.11. The molecule has 3 atom stereocenters. The topological polar surface area (TPSA) is 29.3 Å². The molecular formula is C14H20N2S. The fourth-order valence-electron chi connectivity index (χ4n) is 3.22. The van der Waals surface area contributed by atoms with E-state index in [0.717, 1.165) is 0 Å². The van der Waals surface area contributed by atoms with Crippen LogP contribution in [0.4, 0.5) is 5.69 Å². The summed E-state index contributed by atoms with van der Waals surface area (Å²) in [5, 5.41) is 0. The highest BCUT2D eigenvalue weighted by Gasteiger charge is 2.39. The molecular weight excluding hydrogens is 228 g/mol. The van der Waals surface area contributed by atoms with Crippen molar-refractivity contribution in [1.29, 1.82) is 0 Å². The van der Waals surface area contributed by atoms with Crippen LogP contribution < -0.4 is 10.6 Å². The number of hydrogen-bond donors (Lipinski definition) is 1. The van der Waals surface area contributed by atoms with E-state index in [1.807, 2.05) is 0 Å². The maximum atomic E-state index is 6.47. The number of anilines is 1. The zero-order valence-electron chi connectivity index (χ0n) is 10.5. The molecule has 1 saturated heterocycles. The van der Waals surface area contributed by atoms with E-state index in [1.54, 1.807) is 0 Å². The van der Waals surface area contributed by atoms with E-state index in [2.05, 4.69) is 48.8 Å². The Morgan fingerprint density at radius 2 is 2.24 bits per heavy atom. The molecule has 2 nitrogen and oxygen atoms in total. The van der Waals surface area contributed by atoms with Gasteiger partial charge in [0.05, 0.1) is 0 Å². The summed E-state index contributed by atoms with van der Waals surface area (Å²) in [6.07, 6.45) is 1.27. The third-order valence-corrected chi connectivity index (χ3v) is 5.39. The first-order valence-corrected chi connectivity index (χ1v) is 7.50. The Hall–Kier alpha value is -0.670. The minimum absolute atomic E-state index is 0.222. The maximum absolute atomic E-state index is 6.47. The minimum Gasteiger partial charge on any atom is -0.371 e. The SMILES string of the molecule is Cc1ccc2c(c1)N(C)C1CCSCC1C2N. The van der Waals surface area contributed by atoms with Gasteiger partial charge in [0.15, 0.2) is 0 Å². The monoisotopic (exact) mass is 248 g/mol. The third-order valence-electron chi connectivity index (χ3n) is 4.25. The van der Waals surface area contributed by atoms with Crippen molar-refractivity contribution in [3.05, 3.63) is 29.3 Å². The highest BCUT2D eigenvalue weighted by atomic mass is 32.2. The standard InChI is InChI=1S/C14H20N2S/c1-9-3-4-10-13(7-9)16(2)12-5-6-17-8-11(12)14(10)15/h3-4,7,11-12,14H,5-6,8,15H2,1-2H3. The molecule has 0 bridgehead atoms. The first-order valence-electron chi connectivity index (χ1n) is 6.35. The van der Waals surface area contributed by atoms with Crippen molar-refractivity contribution < 1.29 is 0 Å². The fraction of sp³-hybridized carbons (Fsp3) is 0.571. The summed E-state index contributed by atoms with van der Waals surface area (Å²) >= 11 is 2.06. The molecule has 2 N–H and O–H groups in total. The summed E-state index contributed by atoms with van der Waals surface area (Å²) in [4.78, 5) is 2.47. The summed E-state index contributed by atoms with van der Waals surface area (Å²) in [6.45, 7) is 2.16. The zero-order valence-corrected chi connectivity index (χ0v) is 11.3. The van der Waals surface area contributed by atoms with Gasteiger partial charge in [-0.3, -0.25) is 0 Å². The summed E-state index contributed by atoms with van der Waals surface area (Å²) < 4.78 is 0. The van der Waals surface area contributed by atoms with Crippen molar-refractivity contribution in [3.8, 4) is 0 Å². The van der Waals surface area contributed by atoms with Crippen LogP contribution in [0.15, 0.2) is 18.2 Å². The second kappa shape index (κ2) is 4.21. The van der Waals surface area contributed by atoms with Gasteiger partial charge in [-0.1, -0.05) is 12.1 Å². The number of aryl methyl sites for hydroxylation is 1. The molecule has 1 aromatic rings. The summed E-state index contributed by atoms with van der Waals surface area (Å²) in [7, 11) is 2.23. The Kier molecular flexibility index (Phi) is 2.83. The quantitative estimate of drug-likeness (QED) is 0.765. The van der Waals surface area contributed by atoms with E-state index in [4.69, 9.17) is 5.73 Å². The Bertz CT molecular complexity index is 432. The van der Waals surface area contributed by atoms with Crippen LogP contribution in [0.5, 0.6) is 0 Å². The molecule has 0 spiro atoms. The Morgan fingerprint density at radius 1 is 1.41 bits per heavy atom. The van der Waals surface area contributed by atoms with E-state index in [-0.39, 0.29) is 6.04 Å². The molecule has 0 aromatic heterocycles. The van der Waals surface area contributed by atoms with Gasteiger partial charge < -0.3 is 10.6 Å². The van der Waals surface area contributed by atoms with Crippen LogP contribution in [0.2, 0.25) is 0 Å². The molecule has 0 radical (unpaired) electrons. The van der Waals surface area contributed by atoms with Crippen molar-refractivity contribution in [3.63, 3.8) is 0 Å². The van der Waals surface area contributed by atoms with Gasteiger partial charge >= 0.3 is 0 Å². The molecule has 0 amide bonds. The van der Waals surface area contributed by atoms with Crippen LogP contribution >= 0.6 is 11.8 Å². The van der Waals surface area contributed by atoms with E-state index in [0.29, 0.717) is 12.0 Å². The van der Waals surface area contributed by atoms with Crippen LogP contribution in [-0.2, 0) is 0 Å². The lowest BCUT2D eigenvalue weighted by Crippen LogP contribution is -2.50. The first kappa shape index (κ1) is 11.4. The second-order valence-corrected chi connectivity index (χ2v) is 6.44. The van der Waals surface area contributed by atoms with Gasteiger partial charge in [-0.2, -0.15) is 11.8 Å². The molecule has 0 aliphatic carbocycles. The van der Waals surface area contributed by atoms with Crippen LogP contribution in [0.3, 0.4) is 0 Å². The number of nitrogens with zero attached hydrogens (tertiary/aromatic N) is 1. The summed E-state index contributed by atoms with van der Waals surface area (Å²) in [6, 6.07) is 7.55. The average molecular weight is 248 g/mol. The van der Waals surface area contributed by atoms with Gasteiger partial charge in [0.25, 0.3) is 0 Å². The van der Waals surface area contributed by atoms with E-state index >= 15 is 0 Å². The number of benzene rings is 1. The Morgan fingerprint density at radius 3 is 3.06 bits per heavy atom. The number of nitrogens with two attached hydrogens (primary N) is 1. The predicted octanol–water partition coefficient (Wildman–Crippen LogP) is 2.57. The van der Waals surface area contributed by atoms with Gasteiger partial charge in [0, 0.05) is 30.7 Å². The largest absolute Gasteiger partial charge is 0.371 e. The lowest BCUT2D eigenvalue weighted by Gasteiger charge is -2.47. The molecule has 2 heterocycles. The minimum atomic E-state index is 0.222. The van der Waals surface area contributed by atoms with Crippen LogP contribution in [0.25, 0.3) is 0 Å². The first-order chi connectivity index (χ1) is 8.18. The number of hydrogen-bond acceptors (Lipinski definition) is 3. The molecule has 3 heteroatoms. The van der Waals surface area contributed by atoms with Crippen LogP contribution in [0, 0.1) is 12.8 Å². The fourth-order valence-corrected chi connectivity index (χ4v) is 4.50. The van der Waals surface area contributed by atoms with Gasteiger partial charge in [0.1, 0.15) is 0 Å². The maximum Gasteiger partial charge on any atom is 0.0417 e. The molecule has 3 unspecified atom stereocenters. The van der Waals surface area contributed by atoms with E-state index in [1.165, 1.54) is 34.7 Å². The van der Waals surface area contributed by atoms with Crippen molar-refractivity contribution in [2.75, 3.05) is 23.5 Å². The average Bonchev–Trinajstić information content (AvgIpc) is 2.36.